The topological polar surface area (TPSA) is 207 Å². The smallest absolute Gasteiger partial charge is 0.337 e. The third-order valence-corrected chi connectivity index (χ3v) is 6.93. The summed E-state index contributed by atoms with van der Waals surface area (Å²) in [5.41, 5.74) is 5.61. The Kier molecular flexibility index (Phi) is 5.54. The van der Waals surface area contributed by atoms with E-state index in [0.29, 0.717) is 0 Å². The molecule has 0 saturated carbocycles. The van der Waals surface area contributed by atoms with Crippen molar-refractivity contribution in [3.8, 4) is 0 Å². The third-order valence-electron chi connectivity index (χ3n) is 6.93. The number of hydrogen-bond donors (Lipinski definition) is 5. The van der Waals surface area contributed by atoms with Gasteiger partial charge in [-0.3, -0.25) is 24.0 Å². The van der Waals surface area contributed by atoms with Gasteiger partial charge in [0.25, 0.3) is 5.91 Å². The van der Waals surface area contributed by atoms with Gasteiger partial charge < -0.3 is 27.0 Å². The van der Waals surface area contributed by atoms with Crippen LogP contribution in [-0.2, 0) is 4.79 Å². The zero-order valence-corrected chi connectivity index (χ0v) is 20.0. The summed E-state index contributed by atoms with van der Waals surface area (Å²) in [6.45, 7) is 3.54. The number of benzene rings is 3. The van der Waals surface area contributed by atoms with Gasteiger partial charge in [-0.25, -0.2) is 4.79 Å². The molecule has 11 nitrogen and oxygen atoms in total. The standard InChI is InChI=1S/C28H19N3O8/c1-11-26(36)31-17-8-3-2-5-12(17)24(34)20-19-15(18(32)10-28(11,39)25(19)35)9-16(22(20)30)23(33)13-6-4-7-14(21(13)29)27(37)38/h2-9,39H,1,10,29-30H2,(H,31,36)(H,37,38). The Balaban J connectivity index is 1.86. The van der Waals surface area contributed by atoms with E-state index in [1.54, 1.807) is 0 Å². The van der Waals surface area contributed by atoms with Crippen LogP contribution in [0.2, 0.25) is 0 Å². The molecule has 1 aliphatic carbocycles. The number of nitrogens with two attached hydrogens (primary N) is 2. The summed E-state index contributed by atoms with van der Waals surface area (Å²) in [5.74, 6) is -6.17. The zero-order valence-electron chi connectivity index (χ0n) is 20.0. The number of para-hydroxylation sites is 2. The van der Waals surface area contributed by atoms with Crippen molar-refractivity contribution < 1.29 is 39.0 Å². The number of rotatable bonds is 3. The minimum absolute atomic E-state index is 0.0132. The van der Waals surface area contributed by atoms with Crippen molar-refractivity contribution in [2.45, 2.75) is 12.0 Å². The van der Waals surface area contributed by atoms with Crippen molar-refractivity contribution in [1.29, 1.82) is 0 Å². The molecule has 0 fully saturated rings. The van der Waals surface area contributed by atoms with Gasteiger partial charge in [-0.2, -0.15) is 0 Å². The number of carbonyl (C=O) groups is 6. The molecule has 0 radical (unpaired) electrons. The van der Waals surface area contributed by atoms with Crippen LogP contribution in [0.15, 0.2) is 60.7 Å². The van der Waals surface area contributed by atoms with Crippen LogP contribution in [0.4, 0.5) is 17.1 Å². The lowest BCUT2D eigenvalue weighted by Gasteiger charge is -2.34. The molecule has 1 unspecified atom stereocenters. The van der Waals surface area contributed by atoms with E-state index in [0.717, 1.165) is 6.07 Å². The van der Waals surface area contributed by atoms with Crippen LogP contribution in [0, 0.1) is 0 Å². The van der Waals surface area contributed by atoms with Crippen LogP contribution < -0.4 is 16.8 Å². The average Bonchev–Trinajstić information content (AvgIpc) is 2.90. The molecule has 2 aliphatic rings. The molecule has 1 heterocycles. The van der Waals surface area contributed by atoms with Crippen LogP contribution in [0.5, 0.6) is 0 Å². The van der Waals surface area contributed by atoms with E-state index in [9.17, 15) is 39.0 Å². The lowest BCUT2D eigenvalue weighted by molar-refractivity contribution is -0.114. The first-order valence-corrected chi connectivity index (χ1v) is 11.5. The SMILES string of the molecule is C=C1C(=O)Nc2ccccc2C(=O)c2c(N)c(C(=O)c3cccc(C(=O)O)c3N)cc3c2C(=O)C1(O)CC3=O. The first-order valence-electron chi connectivity index (χ1n) is 11.5. The number of carbonyl (C=O) groups excluding carboxylic acids is 5. The van der Waals surface area contributed by atoms with Crippen LogP contribution >= 0.6 is 0 Å². The second-order valence-corrected chi connectivity index (χ2v) is 9.13. The summed E-state index contributed by atoms with van der Waals surface area (Å²) in [6.07, 6.45) is -0.880. The van der Waals surface area contributed by atoms with Crippen molar-refractivity contribution >= 4 is 52.1 Å². The molecule has 3 aromatic carbocycles. The lowest BCUT2D eigenvalue weighted by atomic mass is 9.71. The molecule has 0 saturated heterocycles. The summed E-state index contributed by atoms with van der Waals surface area (Å²) in [6, 6.07) is 10.5. The van der Waals surface area contributed by atoms with Gasteiger partial charge in [0.1, 0.15) is 0 Å². The summed E-state index contributed by atoms with van der Waals surface area (Å²) in [5, 5.41) is 23.1. The summed E-state index contributed by atoms with van der Waals surface area (Å²) >= 11 is 0. The van der Waals surface area contributed by atoms with E-state index in [1.165, 1.54) is 42.5 Å². The molecule has 0 aromatic heterocycles. The van der Waals surface area contributed by atoms with Gasteiger partial charge in [-0.15, -0.1) is 0 Å². The Labute approximate surface area is 219 Å². The highest BCUT2D eigenvalue weighted by Gasteiger charge is 2.51. The molecule has 1 atom stereocenters. The highest BCUT2D eigenvalue weighted by Crippen LogP contribution is 2.41. The lowest BCUT2D eigenvalue weighted by Crippen LogP contribution is -2.50. The number of Topliss-reactive ketones (excluding diaryl/α,β-unsaturated/α-hetero) is 2. The molecule has 1 amide bonds. The maximum Gasteiger partial charge on any atom is 0.337 e. The Hall–Kier alpha value is -5.42. The summed E-state index contributed by atoms with van der Waals surface area (Å²) in [7, 11) is 0. The summed E-state index contributed by atoms with van der Waals surface area (Å²) in [4.78, 5) is 78.9. The number of anilines is 3. The van der Waals surface area contributed by atoms with Gasteiger partial charge in [0.05, 0.1) is 34.6 Å². The number of amides is 1. The largest absolute Gasteiger partial charge is 0.478 e. The predicted molar refractivity (Wildman–Crippen MR) is 138 cm³/mol. The van der Waals surface area contributed by atoms with Crippen LogP contribution in [0.3, 0.4) is 0 Å². The number of nitrogens with one attached hydrogen (secondary N) is 1. The Bertz CT molecular complexity index is 1740. The minimum atomic E-state index is -2.67. The quantitative estimate of drug-likeness (QED) is 0.191. The molecule has 2 bridgehead atoms. The number of hydrogen-bond acceptors (Lipinski definition) is 9. The first-order chi connectivity index (χ1) is 18.4. The van der Waals surface area contributed by atoms with Crippen LogP contribution in [0.1, 0.15) is 69.3 Å². The van der Waals surface area contributed by atoms with E-state index in [4.69, 9.17) is 11.5 Å². The molecular weight excluding hydrogens is 506 g/mol. The van der Waals surface area contributed by atoms with Gasteiger partial charge >= 0.3 is 5.97 Å². The molecule has 0 spiro atoms. The van der Waals surface area contributed by atoms with E-state index in [-0.39, 0.29) is 39.2 Å². The van der Waals surface area contributed by atoms with Crippen molar-refractivity contribution in [3.63, 3.8) is 0 Å². The van der Waals surface area contributed by atoms with Gasteiger partial charge in [0.2, 0.25) is 5.78 Å². The van der Waals surface area contributed by atoms with Gasteiger partial charge in [0.15, 0.2) is 23.0 Å². The number of nitrogen functional groups attached to an aromatic ring is 2. The van der Waals surface area contributed by atoms with E-state index in [1.807, 2.05) is 0 Å². The fourth-order valence-corrected chi connectivity index (χ4v) is 4.84. The van der Waals surface area contributed by atoms with Crippen molar-refractivity contribution in [2.75, 3.05) is 16.8 Å². The number of aromatic carboxylic acids is 1. The fraction of sp³-hybridized carbons (Fsp3) is 0.0714. The second kappa shape index (κ2) is 8.57. The normalized spacial score (nSPS) is 18.3. The second-order valence-electron chi connectivity index (χ2n) is 9.13. The number of ketones is 4. The highest BCUT2D eigenvalue weighted by atomic mass is 16.4. The maximum atomic E-state index is 13.9. The van der Waals surface area contributed by atoms with Gasteiger partial charge in [-0.05, 0) is 30.3 Å². The molecule has 5 rings (SSSR count). The van der Waals surface area contributed by atoms with Crippen molar-refractivity contribution in [2.24, 2.45) is 0 Å². The molecule has 39 heavy (non-hydrogen) atoms. The number of fused-ring (bicyclic) bond motifs is 2. The molecule has 194 valence electrons. The van der Waals surface area contributed by atoms with E-state index >= 15 is 0 Å². The van der Waals surface area contributed by atoms with Crippen LogP contribution in [0.25, 0.3) is 0 Å². The van der Waals surface area contributed by atoms with Crippen LogP contribution in [-0.4, -0.2) is 50.8 Å². The van der Waals surface area contributed by atoms with Crippen molar-refractivity contribution in [3.05, 3.63) is 99.6 Å². The minimum Gasteiger partial charge on any atom is -0.478 e. The maximum absolute atomic E-state index is 13.9. The zero-order chi connectivity index (χ0) is 28.4. The molecule has 3 aromatic rings. The van der Waals surface area contributed by atoms with E-state index < -0.39 is 69.4 Å². The van der Waals surface area contributed by atoms with E-state index in [2.05, 4.69) is 11.9 Å². The Morgan fingerprint density at radius 1 is 0.872 bits per heavy atom. The molecular formula is C28H19N3O8. The van der Waals surface area contributed by atoms with Gasteiger partial charge in [0, 0.05) is 33.4 Å². The predicted octanol–water partition coefficient (Wildman–Crippen LogP) is 2.02. The van der Waals surface area contributed by atoms with Crippen molar-refractivity contribution in [1.82, 2.24) is 0 Å². The summed E-state index contributed by atoms with van der Waals surface area (Å²) < 4.78 is 0. The number of carboxylic acids is 1. The third kappa shape index (κ3) is 3.55. The number of carboxylic acid groups (broad SMARTS) is 1. The fourth-order valence-electron chi connectivity index (χ4n) is 4.84. The highest BCUT2D eigenvalue weighted by molar-refractivity contribution is 6.32. The Morgan fingerprint density at radius 2 is 1.54 bits per heavy atom. The number of aliphatic hydroxyl groups is 1. The molecule has 1 aliphatic heterocycles. The van der Waals surface area contributed by atoms with Gasteiger partial charge in [-0.1, -0.05) is 24.8 Å². The first kappa shape index (κ1) is 25.2. The molecule has 7 N–H and O–H groups in total. The monoisotopic (exact) mass is 525 g/mol. The molecule has 11 heteroatoms. The Morgan fingerprint density at radius 3 is 2.23 bits per heavy atom. The average molecular weight is 525 g/mol.